The number of hydrogen-bond donors (Lipinski definition) is 2. The molecule has 0 fully saturated rings. The molecule has 8 nitrogen and oxygen atoms in total. The fourth-order valence-electron chi connectivity index (χ4n) is 3.12. The molecule has 27 heavy (non-hydrogen) atoms. The normalized spacial score (nSPS) is 11.2. The smallest absolute Gasteiger partial charge is 0.224 e. The summed E-state index contributed by atoms with van der Waals surface area (Å²) in [5.74, 6) is 2.87. The van der Waals surface area contributed by atoms with Crippen molar-refractivity contribution in [3.05, 3.63) is 53.3 Å². The summed E-state index contributed by atoms with van der Waals surface area (Å²) in [5, 5.41) is 4.73. The van der Waals surface area contributed by atoms with Crippen molar-refractivity contribution in [1.82, 2.24) is 19.6 Å². The van der Waals surface area contributed by atoms with Crippen molar-refractivity contribution < 1.29 is 4.42 Å². The molecular formula is C19H21N7O. The van der Waals surface area contributed by atoms with Crippen LogP contribution in [-0.4, -0.2) is 33.7 Å². The van der Waals surface area contributed by atoms with E-state index >= 15 is 0 Å². The number of nitrogens with two attached hydrogens (primary N) is 2. The van der Waals surface area contributed by atoms with Gasteiger partial charge in [-0.1, -0.05) is 12.1 Å². The molecule has 0 atom stereocenters. The van der Waals surface area contributed by atoms with E-state index in [-0.39, 0.29) is 5.95 Å². The predicted molar refractivity (Wildman–Crippen MR) is 106 cm³/mol. The second kappa shape index (κ2) is 6.31. The van der Waals surface area contributed by atoms with E-state index in [4.69, 9.17) is 21.0 Å². The van der Waals surface area contributed by atoms with E-state index < -0.39 is 0 Å². The molecular weight excluding hydrogens is 342 g/mol. The molecule has 0 aliphatic carbocycles. The Morgan fingerprint density at radius 3 is 2.59 bits per heavy atom. The van der Waals surface area contributed by atoms with Crippen LogP contribution in [0.4, 0.5) is 17.5 Å². The minimum absolute atomic E-state index is 0.172. The molecule has 3 aromatic heterocycles. The summed E-state index contributed by atoms with van der Waals surface area (Å²) in [5.41, 5.74) is 15.3. The van der Waals surface area contributed by atoms with Crippen LogP contribution in [0.2, 0.25) is 0 Å². The number of fused-ring (bicyclic) bond motifs is 1. The largest absolute Gasteiger partial charge is 0.458 e. The van der Waals surface area contributed by atoms with Gasteiger partial charge in [-0.05, 0) is 36.8 Å². The van der Waals surface area contributed by atoms with Crippen molar-refractivity contribution in [2.24, 2.45) is 0 Å². The fourth-order valence-corrected chi connectivity index (χ4v) is 3.12. The molecule has 8 heteroatoms. The lowest BCUT2D eigenvalue weighted by Crippen LogP contribution is -2.11. The predicted octanol–water partition coefficient (Wildman–Crippen LogP) is 2.51. The molecule has 138 valence electrons. The van der Waals surface area contributed by atoms with Crippen LogP contribution in [0, 0.1) is 6.92 Å². The van der Waals surface area contributed by atoms with Crippen molar-refractivity contribution >= 4 is 23.1 Å². The number of anilines is 3. The highest BCUT2D eigenvalue weighted by atomic mass is 16.3. The summed E-state index contributed by atoms with van der Waals surface area (Å²) in [7, 11) is 3.89. The third kappa shape index (κ3) is 3.05. The topological polar surface area (TPSA) is 111 Å². The van der Waals surface area contributed by atoms with Crippen LogP contribution < -0.4 is 16.4 Å². The van der Waals surface area contributed by atoms with Gasteiger partial charge in [-0.3, -0.25) is 0 Å². The maximum absolute atomic E-state index is 6.00. The van der Waals surface area contributed by atoms with E-state index in [1.54, 1.807) is 4.52 Å². The van der Waals surface area contributed by atoms with Crippen LogP contribution in [-0.2, 0) is 6.42 Å². The number of furan rings is 1. The van der Waals surface area contributed by atoms with Crippen LogP contribution in [0.25, 0.3) is 17.2 Å². The molecule has 0 unspecified atom stereocenters. The van der Waals surface area contributed by atoms with Gasteiger partial charge in [0.25, 0.3) is 0 Å². The first-order chi connectivity index (χ1) is 12.9. The van der Waals surface area contributed by atoms with E-state index in [0.717, 1.165) is 28.4 Å². The summed E-state index contributed by atoms with van der Waals surface area (Å²) in [6.45, 7) is 1.88. The van der Waals surface area contributed by atoms with Crippen LogP contribution >= 0.6 is 0 Å². The second-order valence-electron chi connectivity index (χ2n) is 6.67. The third-order valence-corrected chi connectivity index (χ3v) is 4.29. The average Bonchev–Trinajstić information content (AvgIpc) is 3.19. The second-order valence-corrected chi connectivity index (χ2v) is 6.67. The lowest BCUT2D eigenvalue weighted by molar-refractivity contribution is 0.541. The number of rotatable bonds is 4. The molecule has 0 aliphatic rings. The molecule has 0 saturated carbocycles. The minimum atomic E-state index is 0.172. The highest BCUT2D eigenvalue weighted by Crippen LogP contribution is 2.29. The monoisotopic (exact) mass is 363 g/mol. The molecule has 0 aliphatic heterocycles. The zero-order valence-electron chi connectivity index (χ0n) is 15.5. The first kappa shape index (κ1) is 16.9. The van der Waals surface area contributed by atoms with E-state index in [0.29, 0.717) is 23.7 Å². The molecule has 0 radical (unpaired) electrons. The van der Waals surface area contributed by atoms with Gasteiger partial charge in [0.2, 0.25) is 11.8 Å². The summed E-state index contributed by atoms with van der Waals surface area (Å²) in [6, 6.07) is 11.5. The Kier molecular flexibility index (Phi) is 3.95. The first-order valence-electron chi connectivity index (χ1n) is 8.56. The lowest BCUT2D eigenvalue weighted by Gasteiger charge is -2.11. The fraction of sp³-hybridized carbons (Fsp3) is 0.211. The van der Waals surface area contributed by atoms with Crippen molar-refractivity contribution in [1.29, 1.82) is 0 Å². The van der Waals surface area contributed by atoms with Crippen LogP contribution in [0.5, 0.6) is 0 Å². The Balaban J connectivity index is 1.94. The van der Waals surface area contributed by atoms with Gasteiger partial charge in [0.05, 0.1) is 0 Å². The lowest BCUT2D eigenvalue weighted by atomic mass is 10.1. The molecule has 1 aromatic carbocycles. The number of nitrogens with zero attached hydrogens (tertiary/aromatic N) is 5. The number of aryl methyl sites for hydroxylation is 1. The standard InChI is InChI=1S/C19H21N7O/c1-11-7-8-15(27-11)18-23-19(21)22-16-14(17(25(2)3)24-26(16)18)10-12-5-4-6-13(20)9-12/h4-9H,10,20H2,1-3H3,(H2,21,22). The third-order valence-electron chi connectivity index (χ3n) is 4.29. The van der Waals surface area contributed by atoms with Crippen molar-refractivity contribution in [2.75, 3.05) is 30.5 Å². The van der Waals surface area contributed by atoms with Gasteiger partial charge in [0.15, 0.2) is 17.2 Å². The molecule has 4 N–H and O–H groups in total. The van der Waals surface area contributed by atoms with Crippen molar-refractivity contribution in [2.45, 2.75) is 13.3 Å². The van der Waals surface area contributed by atoms with Gasteiger partial charge in [0.1, 0.15) is 5.76 Å². The van der Waals surface area contributed by atoms with E-state index in [1.165, 1.54) is 0 Å². The Morgan fingerprint density at radius 1 is 1.11 bits per heavy atom. The quantitative estimate of drug-likeness (QED) is 0.536. The first-order valence-corrected chi connectivity index (χ1v) is 8.56. The molecule has 3 heterocycles. The van der Waals surface area contributed by atoms with E-state index in [2.05, 4.69) is 9.97 Å². The number of aromatic nitrogens is 4. The van der Waals surface area contributed by atoms with Crippen LogP contribution in [0.15, 0.2) is 40.8 Å². The Morgan fingerprint density at radius 2 is 1.93 bits per heavy atom. The molecule has 4 aromatic rings. The van der Waals surface area contributed by atoms with Gasteiger partial charge in [-0.15, -0.1) is 5.10 Å². The molecule has 0 bridgehead atoms. The number of hydrogen-bond acceptors (Lipinski definition) is 7. The van der Waals surface area contributed by atoms with E-state index in [9.17, 15) is 0 Å². The van der Waals surface area contributed by atoms with Gasteiger partial charge < -0.3 is 20.8 Å². The van der Waals surface area contributed by atoms with E-state index in [1.807, 2.05) is 62.3 Å². The van der Waals surface area contributed by atoms with Crippen LogP contribution in [0.3, 0.4) is 0 Å². The maximum Gasteiger partial charge on any atom is 0.224 e. The van der Waals surface area contributed by atoms with Gasteiger partial charge >= 0.3 is 0 Å². The Hall–Kier alpha value is -3.55. The molecule has 4 rings (SSSR count). The van der Waals surface area contributed by atoms with Gasteiger partial charge in [0, 0.05) is 31.8 Å². The van der Waals surface area contributed by atoms with Crippen molar-refractivity contribution in [3.63, 3.8) is 0 Å². The van der Waals surface area contributed by atoms with Gasteiger partial charge in [-0.25, -0.2) is 0 Å². The zero-order valence-corrected chi connectivity index (χ0v) is 15.5. The minimum Gasteiger partial charge on any atom is -0.458 e. The number of nitrogen functional groups attached to an aromatic ring is 2. The zero-order chi connectivity index (χ0) is 19.1. The number of benzene rings is 1. The SMILES string of the molecule is Cc1ccc(-c2nc(N)nc3c(Cc4cccc(N)c4)c(N(C)C)nn23)o1. The summed E-state index contributed by atoms with van der Waals surface area (Å²) in [6.07, 6.45) is 0.620. The highest BCUT2D eigenvalue weighted by molar-refractivity contribution is 5.68. The van der Waals surface area contributed by atoms with Crippen LogP contribution in [0.1, 0.15) is 16.9 Å². The molecule has 0 spiro atoms. The summed E-state index contributed by atoms with van der Waals surface area (Å²) >= 11 is 0. The highest BCUT2D eigenvalue weighted by Gasteiger charge is 2.21. The average molecular weight is 363 g/mol. The van der Waals surface area contributed by atoms with Gasteiger partial charge in [-0.2, -0.15) is 14.5 Å². The maximum atomic E-state index is 6.00. The Labute approximate surface area is 156 Å². The molecule has 0 amide bonds. The molecule has 0 saturated heterocycles. The Bertz CT molecular complexity index is 1130. The van der Waals surface area contributed by atoms with Crippen molar-refractivity contribution in [3.8, 4) is 11.6 Å². The summed E-state index contributed by atoms with van der Waals surface area (Å²) in [4.78, 5) is 10.8. The summed E-state index contributed by atoms with van der Waals surface area (Å²) < 4.78 is 7.43.